The summed E-state index contributed by atoms with van der Waals surface area (Å²) < 4.78 is 4.77. The van der Waals surface area contributed by atoms with Gasteiger partial charge in [-0.1, -0.05) is 6.08 Å². The van der Waals surface area contributed by atoms with E-state index in [2.05, 4.69) is 0 Å². The summed E-state index contributed by atoms with van der Waals surface area (Å²) in [6, 6.07) is 0. The lowest BCUT2D eigenvalue weighted by Gasteiger charge is -2.55. The van der Waals surface area contributed by atoms with Crippen LogP contribution in [0.4, 0.5) is 0 Å². The number of allylic oxidation sites excluding steroid dienone is 1. The quantitative estimate of drug-likeness (QED) is 0.447. The number of cyclic esters (lactones) is 2. The van der Waals surface area contributed by atoms with Crippen molar-refractivity contribution in [2.45, 2.75) is 19.1 Å². The van der Waals surface area contributed by atoms with Gasteiger partial charge in [-0.05, 0) is 19.3 Å². The fourth-order valence-electron chi connectivity index (χ4n) is 2.91. The van der Waals surface area contributed by atoms with Crippen LogP contribution in [0.2, 0.25) is 0 Å². The summed E-state index contributed by atoms with van der Waals surface area (Å²) in [6.45, 7) is 3.69. The highest BCUT2D eigenvalue weighted by atomic mass is 32.2. The van der Waals surface area contributed by atoms with Crippen LogP contribution in [-0.4, -0.2) is 17.2 Å². The fourth-order valence-corrected chi connectivity index (χ4v) is 4.48. The van der Waals surface area contributed by atoms with Crippen LogP contribution in [0.15, 0.2) is 11.5 Å². The van der Waals surface area contributed by atoms with E-state index in [1.165, 1.54) is 0 Å². The number of ether oxygens (including phenoxy) is 1. The van der Waals surface area contributed by atoms with E-state index < -0.39 is 10.8 Å². The lowest BCUT2D eigenvalue weighted by atomic mass is 9.46. The second kappa shape index (κ2) is 2.08. The van der Waals surface area contributed by atoms with Crippen molar-refractivity contribution in [2.75, 3.05) is 0 Å². The van der Waals surface area contributed by atoms with Crippen molar-refractivity contribution >= 4 is 23.7 Å². The third-order valence-corrected chi connectivity index (χ3v) is 5.56. The van der Waals surface area contributed by atoms with Gasteiger partial charge in [0.25, 0.3) is 0 Å². The van der Waals surface area contributed by atoms with Crippen LogP contribution in [0.25, 0.3) is 0 Å². The Balaban J connectivity index is 2.16. The molecule has 3 nitrogen and oxygen atoms in total. The van der Waals surface area contributed by atoms with Gasteiger partial charge in [0.1, 0.15) is 0 Å². The Bertz CT molecular complexity index is 389. The van der Waals surface area contributed by atoms with Gasteiger partial charge in [-0.15, -0.1) is 11.8 Å². The second-order valence-electron chi connectivity index (χ2n) is 4.49. The average molecular weight is 210 g/mol. The van der Waals surface area contributed by atoms with Gasteiger partial charge in [0.05, 0.1) is 10.8 Å². The average Bonchev–Trinajstić information content (AvgIpc) is 2.65. The molecule has 0 unspecified atom stereocenters. The first kappa shape index (κ1) is 8.53. The Morgan fingerprint density at radius 1 is 1.29 bits per heavy atom. The summed E-state index contributed by atoms with van der Waals surface area (Å²) in [5, 5.41) is 2.19. The van der Waals surface area contributed by atoms with Crippen LogP contribution in [0, 0.1) is 16.7 Å². The minimum atomic E-state index is -0.616. The standard InChI is InChI=1S/C10H10O3S/c1-9-5-3-4-14-6(5)10(9,2)8(12)13-7(9)11/h3-6H,1-2H3/t5-,6+,9-,10-/m0/s1. The van der Waals surface area contributed by atoms with E-state index in [1.807, 2.05) is 25.3 Å². The van der Waals surface area contributed by atoms with Gasteiger partial charge in [0, 0.05) is 11.2 Å². The van der Waals surface area contributed by atoms with Gasteiger partial charge in [-0.25, -0.2) is 0 Å². The highest BCUT2D eigenvalue weighted by Crippen LogP contribution is 2.71. The summed E-state index contributed by atoms with van der Waals surface area (Å²) in [4.78, 5) is 23.3. The second-order valence-corrected chi connectivity index (χ2v) is 5.54. The summed E-state index contributed by atoms with van der Waals surface area (Å²) in [7, 11) is 0. The van der Waals surface area contributed by atoms with Crippen LogP contribution in [-0.2, 0) is 14.3 Å². The lowest BCUT2D eigenvalue weighted by Crippen LogP contribution is -2.64. The van der Waals surface area contributed by atoms with Gasteiger partial charge in [0.15, 0.2) is 0 Å². The van der Waals surface area contributed by atoms with Gasteiger partial charge >= 0.3 is 11.9 Å². The minimum absolute atomic E-state index is 0.177. The van der Waals surface area contributed by atoms with E-state index in [0.29, 0.717) is 0 Å². The van der Waals surface area contributed by atoms with Gasteiger partial charge in [-0.3, -0.25) is 9.59 Å². The zero-order chi connectivity index (χ0) is 10.1. The summed E-state index contributed by atoms with van der Waals surface area (Å²) in [5.74, 6) is -0.516. The van der Waals surface area contributed by atoms with Crippen molar-refractivity contribution < 1.29 is 14.3 Å². The fraction of sp³-hybridized carbons (Fsp3) is 0.600. The molecule has 0 spiro atoms. The summed E-state index contributed by atoms with van der Waals surface area (Å²) in [5.41, 5.74) is -1.22. The van der Waals surface area contributed by atoms with Crippen molar-refractivity contribution in [1.29, 1.82) is 0 Å². The molecule has 14 heavy (non-hydrogen) atoms. The molecule has 0 amide bonds. The molecule has 4 heteroatoms. The van der Waals surface area contributed by atoms with Crippen molar-refractivity contribution in [1.82, 2.24) is 0 Å². The van der Waals surface area contributed by atoms with E-state index in [-0.39, 0.29) is 23.1 Å². The van der Waals surface area contributed by atoms with Crippen LogP contribution in [0.5, 0.6) is 0 Å². The third-order valence-electron chi connectivity index (χ3n) is 4.19. The van der Waals surface area contributed by atoms with Crippen LogP contribution in [0.1, 0.15) is 13.8 Å². The monoisotopic (exact) mass is 210 g/mol. The zero-order valence-electron chi connectivity index (χ0n) is 7.94. The molecule has 3 rings (SSSR count). The highest BCUT2D eigenvalue weighted by Gasteiger charge is 2.79. The maximum atomic E-state index is 11.6. The lowest BCUT2D eigenvalue weighted by molar-refractivity contribution is -0.155. The first-order valence-electron chi connectivity index (χ1n) is 4.62. The Morgan fingerprint density at radius 2 is 1.93 bits per heavy atom. The van der Waals surface area contributed by atoms with Crippen molar-refractivity contribution in [3.63, 3.8) is 0 Å². The van der Waals surface area contributed by atoms with Crippen LogP contribution >= 0.6 is 11.8 Å². The third kappa shape index (κ3) is 0.550. The Morgan fingerprint density at radius 3 is 2.64 bits per heavy atom. The predicted octanol–water partition coefficient (Wildman–Crippen LogP) is 1.34. The molecule has 1 aliphatic carbocycles. The summed E-state index contributed by atoms with van der Waals surface area (Å²) >= 11 is 1.64. The number of esters is 2. The number of thioether (sulfide) groups is 1. The number of rotatable bonds is 0. The van der Waals surface area contributed by atoms with Gasteiger partial charge < -0.3 is 4.74 Å². The molecule has 0 N–H and O–H groups in total. The molecule has 4 atom stereocenters. The van der Waals surface area contributed by atoms with Gasteiger partial charge in [0.2, 0.25) is 0 Å². The van der Waals surface area contributed by atoms with E-state index in [1.54, 1.807) is 11.8 Å². The molecule has 2 aliphatic heterocycles. The van der Waals surface area contributed by atoms with E-state index in [0.717, 1.165) is 0 Å². The van der Waals surface area contributed by atoms with Crippen molar-refractivity contribution in [2.24, 2.45) is 16.7 Å². The number of carbonyl (C=O) groups excluding carboxylic acids is 2. The molecule has 0 radical (unpaired) electrons. The number of hydrogen-bond donors (Lipinski definition) is 0. The largest absolute Gasteiger partial charge is 0.392 e. The maximum absolute atomic E-state index is 11.6. The molecule has 0 aromatic carbocycles. The number of hydrogen-bond acceptors (Lipinski definition) is 4. The topological polar surface area (TPSA) is 43.4 Å². The minimum Gasteiger partial charge on any atom is -0.392 e. The molecular weight excluding hydrogens is 200 g/mol. The van der Waals surface area contributed by atoms with Crippen molar-refractivity contribution in [3.05, 3.63) is 11.5 Å². The summed E-state index contributed by atoms with van der Waals surface area (Å²) in [6.07, 6.45) is 2.02. The molecule has 1 saturated heterocycles. The molecule has 2 heterocycles. The maximum Gasteiger partial charge on any atom is 0.321 e. The normalized spacial score (nSPS) is 53.9. The molecule has 0 aromatic rings. The highest BCUT2D eigenvalue weighted by molar-refractivity contribution is 8.03. The first-order valence-corrected chi connectivity index (χ1v) is 5.56. The number of carbonyl (C=O) groups is 2. The first-order chi connectivity index (χ1) is 6.53. The molecule has 2 fully saturated rings. The molecule has 0 aromatic heterocycles. The predicted molar refractivity (Wildman–Crippen MR) is 51.3 cm³/mol. The van der Waals surface area contributed by atoms with Gasteiger partial charge in [-0.2, -0.15) is 0 Å². The van der Waals surface area contributed by atoms with E-state index in [4.69, 9.17) is 4.74 Å². The Labute approximate surface area is 85.9 Å². The van der Waals surface area contributed by atoms with Crippen LogP contribution < -0.4 is 0 Å². The smallest absolute Gasteiger partial charge is 0.321 e. The Hall–Kier alpha value is -0.770. The molecule has 3 aliphatic rings. The molecule has 0 bridgehead atoms. The number of fused-ring (bicyclic) bond motifs is 4. The molecular formula is C10H10O3S. The van der Waals surface area contributed by atoms with Crippen molar-refractivity contribution in [3.8, 4) is 0 Å². The van der Waals surface area contributed by atoms with E-state index >= 15 is 0 Å². The van der Waals surface area contributed by atoms with Crippen LogP contribution in [0.3, 0.4) is 0 Å². The SMILES string of the molecule is C[C@]12C(=O)OC(=O)[C@]1(C)[C@H]1C=CS[C@H]12. The Kier molecular flexibility index (Phi) is 1.27. The molecule has 1 saturated carbocycles. The van der Waals surface area contributed by atoms with E-state index in [9.17, 15) is 9.59 Å². The zero-order valence-corrected chi connectivity index (χ0v) is 8.76. The molecule has 74 valence electrons.